The van der Waals surface area contributed by atoms with E-state index in [1.54, 1.807) is 7.11 Å². The van der Waals surface area contributed by atoms with Crippen LogP contribution in [0.25, 0.3) is 0 Å². The summed E-state index contributed by atoms with van der Waals surface area (Å²) >= 11 is 3.41. The zero-order chi connectivity index (χ0) is 18.4. The van der Waals surface area contributed by atoms with E-state index in [0.29, 0.717) is 18.0 Å². The van der Waals surface area contributed by atoms with Crippen LogP contribution < -0.4 is 10.1 Å². The Hall–Kier alpha value is -1.89. The lowest BCUT2D eigenvalue weighted by Gasteiger charge is -2.34. The first-order valence-corrected chi connectivity index (χ1v) is 9.55. The van der Waals surface area contributed by atoms with Crippen molar-refractivity contribution >= 4 is 27.5 Å². The second kappa shape index (κ2) is 9.16. The van der Waals surface area contributed by atoms with Crippen molar-refractivity contribution in [1.29, 1.82) is 0 Å². The van der Waals surface area contributed by atoms with Crippen molar-refractivity contribution in [3.63, 3.8) is 0 Å². The summed E-state index contributed by atoms with van der Waals surface area (Å²) in [6.07, 6.45) is 0. The number of nitrogens with zero attached hydrogens (tertiary/aromatic N) is 2. The molecule has 6 heteroatoms. The topological polar surface area (TPSA) is 44.8 Å². The number of hydrogen-bond acceptors (Lipinski definition) is 4. The Morgan fingerprint density at radius 1 is 1.08 bits per heavy atom. The number of nitrogens with one attached hydrogen (secondary N) is 1. The molecule has 0 radical (unpaired) electrons. The first-order chi connectivity index (χ1) is 12.6. The van der Waals surface area contributed by atoms with Crippen LogP contribution in [0.3, 0.4) is 0 Å². The van der Waals surface area contributed by atoms with Crippen molar-refractivity contribution in [3.05, 3.63) is 58.6 Å². The summed E-state index contributed by atoms with van der Waals surface area (Å²) in [5, 5.41) is 2.95. The molecule has 1 N–H and O–H groups in total. The molecule has 1 aliphatic rings. The van der Waals surface area contributed by atoms with Crippen molar-refractivity contribution in [2.24, 2.45) is 0 Å². The van der Waals surface area contributed by atoms with Crippen molar-refractivity contribution in [2.75, 3.05) is 45.2 Å². The van der Waals surface area contributed by atoms with Gasteiger partial charge < -0.3 is 10.1 Å². The number of rotatable bonds is 6. The minimum Gasteiger partial charge on any atom is -0.495 e. The van der Waals surface area contributed by atoms with Crippen molar-refractivity contribution in [3.8, 4) is 5.75 Å². The van der Waals surface area contributed by atoms with Gasteiger partial charge in [0.2, 0.25) is 5.91 Å². The SMILES string of the molecule is COc1cc(Br)ccc1NC(=O)CN1CCN(Cc2ccccc2)CC1. The van der Waals surface area contributed by atoms with E-state index in [4.69, 9.17) is 4.74 Å². The molecule has 0 atom stereocenters. The number of hydrogen-bond donors (Lipinski definition) is 1. The predicted octanol–water partition coefficient (Wildman–Crippen LogP) is 3.21. The number of anilines is 1. The molecule has 138 valence electrons. The molecular formula is C20H24BrN3O2. The Labute approximate surface area is 163 Å². The maximum absolute atomic E-state index is 12.4. The standard InChI is InChI=1S/C20H24BrN3O2/c1-26-19-13-17(21)7-8-18(19)22-20(25)15-24-11-9-23(10-12-24)14-16-5-3-2-4-6-16/h2-8,13H,9-12,14-15H2,1H3,(H,22,25). The number of piperazine rings is 1. The summed E-state index contributed by atoms with van der Waals surface area (Å²) in [6.45, 7) is 5.12. The van der Waals surface area contributed by atoms with Crippen LogP contribution in [0.4, 0.5) is 5.69 Å². The molecule has 0 unspecified atom stereocenters. The monoisotopic (exact) mass is 417 g/mol. The highest BCUT2D eigenvalue weighted by Gasteiger charge is 2.19. The fraction of sp³-hybridized carbons (Fsp3) is 0.350. The zero-order valence-electron chi connectivity index (χ0n) is 15.0. The van der Waals surface area contributed by atoms with Crippen molar-refractivity contribution < 1.29 is 9.53 Å². The van der Waals surface area contributed by atoms with Crippen LogP contribution in [-0.2, 0) is 11.3 Å². The fourth-order valence-corrected chi connectivity index (χ4v) is 3.45. The van der Waals surface area contributed by atoms with E-state index in [0.717, 1.165) is 37.2 Å². The Bertz CT molecular complexity index is 731. The van der Waals surface area contributed by atoms with Crippen molar-refractivity contribution in [2.45, 2.75) is 6.54 Å². The normalized spacial score (nSPS) is 15.6. The van der Waals surface area contributed by atoms with Crippen LogP contribution >= 0.6 is 15.9 Å². The highest BCUT2D eigenvalue weighted by molar-refractivity contribution is 9.10. The Balaban J connectivity index is 1.46. The summed E-state index contributed by atoms with van der Waals surface area (Å²) in [4.78, 5) is 17.0. The number of methoxy groups -OCH3 is 1. The second-order valence-electron chi connectivity index (χ2n) is 6.43. The van der Waals surface area contributed by atoms with E-state index in [1.165, 1.54) is 5.56 Å². The second-order valence-corrected chi connectivity index (χ2v) is 7.35. The summed E-state index contributed by atoms with van der Waals surface area (Å²) in [5.74, 6) is 0.641. The third-order valence-electron chi connectivity index (χ3n) is 4.52. The summed E-state index contributed by atoms with van der Waals surface area (Å²) in [6, 6.07) is 16.1. The van der Waals surface area contributed by atoms with Gasteiger partial charge in [-0.25, -0.2) is 0 Å². The Kier molecular flexibility index (Phi) is 6.66. The van der Waals surface area contributed by atoms with Gasteiger partial charge in [0.25, 0.3) is 0 Å². The third-order valence-corrected chi connectivity index (χ3v) is 5.01. The molecular weight excluding hydrogens is 394 g/mol. The van der Waals surface area contributed by atoms with E-state index < -0.39 is 0 Å². The van der Waals surface area contributed by atoms with E-state index in [-0.39, 0.29) is 5.91 Å². The number of ether oxygens (including phenoxy) is 1. The number of amides is 1. The lowest BCUT2D eigenvalue weighted by atomic mass is 10.2. The average Bonchev–Trinajstić information content (AvgIpc) is 2.65. The van der Waals surface area contributed by atoms with E-state index in [1.807, 2.05) is 24.3 Å². The summed E-state index contributed by atoms with van der Waals surface area (Å²) in [5.41, 5.74) is 2.03. The summed E-state index contributed by atoms with van der Waals surface area (Å²) in [7, 11) is 1.60. The van der Waals surface area contributed by atoms with Gasteiger partial charge in [0, 0.05) is 37.2 Å². The minimum atomic E-state index is -0.0119. The van der Waals surface area contributed by atoms with Crippen LogP contribution in [0.15, 0.2) is 53.0 Å². The highest BCUT2D eigenvalue weighted by atomic mass is 79.9. The van der Waals surface area contributed by atoms with Crippen LogP contribution in [0, 0.1) is 0 Å². The van der Waals surface area contributed by atoms with Gasteiger partial charge in [-0.3, -0.25) is 14.6 Å². The minimum absolute atomic E-state index is 0.0119. The molecule has 0 spiro atoms. The van der Waals surface area contributed by atoms with Crippen LogP contribution in [0.5, 0.6) is 5.75 Å². The first kappa shape index (κ1) is 18.9. The van der Waals surface area contributed by atoms with E-state index in [2.05, 4.69) is 55.3 Å². The molecule has 0 bridgehead atoms. The molecule has 2 aromatic rings. The maximum Gasteiger partial charge on any atom is 0.238 e. The van der Waals surface area contributed by atoms with Crippen molar-refractivity contribution in [1.82, 2.24) is 9.80 Å². The molecule has 0 saturated carbocycles. The lowest BCUT2D eigenvalue weighted by molar-refractivity contribution is -0.117. The van der Waals surface area contributed by atoms with Crippen LogP contribution in [0.1, 0.15) is 5.56 Å². The fourth-order valence-electron chi connectivity index (χ4n) is 3.11. The molecule has 2 aromatic carbocycles. The molecule has 3 rings (SSSR count). The van der Waals surface area contributed by atoms with Gasteiger partial charge in [0.05, 0.1) is 19.3 Å². The van der Waals surface area contributed by atoms with Gasteiger partial charge in [0.15, 0.2) is 0 Å². The largest absolute Gasteiger partial charge is 0.495 e. The molecule has 0 aromatic heterocycles. The predicted molar refractivity (Wildman–Crippen MR) is 107 cm³/mol. The quantitative estimate of drug-likeness (QED) is 0.783. The molecule has 1 aliphatic heterocycles. The van der Waals surface area contributed by atoms with Gasteiger partial charge in [0.1, 0.15) is 5.75 Å². The van der Waals surface area contributed by atoms with E-state index in [9.17, 15) is 4.79 Å². The molecule has 1 saturated heterocycles. The highest BCUT2D eigenvalue weighted by Crippen LogP contribution is 2.27. The number of carbonyl (C=O) groups excluding carboxylic acids is 1. The van der Waals surface area contributed by atoms with Crippen LogP contribution in [0.2, 0.25) is 0 Å². The zero-order valence-corrected chi connectivity index (χ0v) is 16.5. The number of halogens is 1. The average molecular weight is 418 g/mol. The van der Waals surface area contributed by atoms with Gasteiger partial charge >= 0.3 is 0 Å². The molecule has 1 fully saturated rings. The van der Waals surface area contributed by atoms with Gasteiger partial charge in [-0.1, -0.05) is 46.3 Å². The Morgan fingerprint density at radius 3 is 2.46 bits per heavy atom. The summed E-state index contributed by atoms with van der Waals surface area (Å²) < 4.78 is 6.24. The Morgan fingerprint density at radius 2 is 1.77 bits per heavy atom. The first-order valence-electron chi connectivity index (χ1n) is 8.76. The third kappa shape index (κ3) is 5.30. The smallest absolute Gasteiger partial charge is 0.238 e. The number of carbonyl (C=O) groups is 1. The molecule has 1 amide bonds. The molecule has 26 heavy (non-hydrogen) atoms. The number of benzene rings is 2. The maximum atomic E-state index is 12.4. The van der Waals surface area contributed by atoms with Gasteiger partial charge in [-0.15, -0.1) is 0 Å². The molecule has 5 nitrogen and oxygen atoms in total. The van der Waals surface area contributed by atoms with Crippen LogP contribution in [-0.4, -0.2) is 55.5 Å². The lowest BCUT2D eigenvalue weighted by Crippen LogP contribution is -2.48. The molecule has 1 heterocycles. The van der Waals surface area contributed by atoms with Gasteiger partial charge in [-0.05, 0) is 23.8 Å². The van der Waals surface area contributed by atoms with Gasteiger partial charge in [-0.2, -0.15) is 0 Å². The van der Waals surface area contributed by atoms with E-state index >= 15 is 0 Å². The molecule has 0 aliphatic carbocycles.